The van der Waals surface area contributed by atoms with Crippen LogP contribution in [0.3, 0.4) is 0 Å². The fourth-order valence-corrected chi connectivity index (χ4v) is 5.11. The summed E-state index contributed by atoms with van der Waals surface area (Å²) in [6, 6.07) is 4.46. The van der Waals surface area contributed by atoms with E-state index in [2.05, 4.69) is 30.0 Å². The molecule has 0 saturated carbocycles. The monoisotopic (exact) mass is 558 g/mol. The minimum Gasteiger partial charge on any atom is -0.435 e. The number of aliphatic hydroxyl groups excluding tert-OH is 1. The lowest BCUT2D eigenvalue weighted by Gasteiger charge is -2.54. The Morgan fingerprint density at radius 2 is 1.95 bits per heavy atom. The van der Waals surface area contributed by atoms with Crippen molar-refractivity contribution in [1.82, 2.24) is 29.6 Å². The second kappa shape index (κ2) is 10.9. The molecule has 14 heteroatoms. The standard InChI is InChI=1S/C26H32F2N8O4/c1-25(2,39)14-36-12-17(11-30-36)23-32-20(31-19-9-18(3-6-29-19)40-24(27)28)10-21(33-23)35-15-26(16-35)4-7-34(8-5-26)22(38)13-37/h3,6,9-12,24,37,39H,4-5,7-8,13-16H2,1-2H3,(H,29,31,32,33). The summed E-state index contributed by atoms with van der Waals surface area (Å²) in [5, 5.41) is 26.7. The molecule has 1 spiro atoms. The van der Waals surface area contributed by atoms with Gasteiger partial charge in [0.25, 0.3) is 0 Å². The Labute approximate surface area is 229 Å². The Morgan fingerprint density at radius 1 is 1.20 bits per heavy atom. The zero-order chi connectivity index (χ0) is 28.5. The summed E-state index contributed by atoms with van der Waals surface area (Å²) in [4.78, 5) is 29.3. The van der Waals surface area contributed by atoms with E-state index in [0.717, 1.165) is 25.9 Å². The molecular weight excluding hydrogens is 526 g/mol. The molecule has 2 fully saturated rings. The number of rotatable bonds is 9. The number of aromatic nitrogens is 5. The van der Waals surface area contributed by atoms with Crippen LogP contribution < -0.4 is 15.0 Å². The van der Waals surface area contributed by atoms with E-state index in [9.17, 15) is 18.7 Å². The maximum atomic E-state index is 12.7. The number of aliphatic hydroxyl groups is 2. The Bertz CT molecular complexity index is 1350. The Hall–Kier alpha value is -3.91. The second-order valence-electron chi connectivity index (χ2n) is 10.9. The van der Waals surface area contributed by atoms with E-state index in [1.165, 1.54) is 18.3 Å². The number of pyridine rings is 1. The van der Waals surface area contributed by atoms with Crippen LogP contribution >= 0.6 is 0 Å². The minimum absolute atomic E-state index is 0.0365. The van der Waals surface area contributed by atoms with Crippen molar-refractivity contribution < 1.29 is 28.5 Å². The molecule has 40 heavy (non-hydrogen) atoms. The van der Waals surface area contributed by atoms with Gasteiger partial charge in [-0.15, -0.1) is 0 Å². The van der Waals surface area contributed by atoms with E-state index in [1.807, 2.05) is 0 Å². The zero-order valence-electron chi connectivity index (χ0n) is 22.3. The topological polar surface area (TPSA) is 142 Å². The highest BCUT2D eigenvalue weighted by Gasteiger charge is 2.46. The first-order valence-corrected chi connectivity index (χ1v) is 13.0. The number of carbonyl (C=O) groups excluding carboxylic acids is 1. The van der Waals surface area contributed by atoms with E-state index >= 15 is 0 Å². The zero-order valence-corrected chi connectivity index (χ0v) is 22.3. The van der Waals surface area contributed by atoms with Gasteiger partial charge in [-0.3, -0.25) is 9.48 Å². The van der Waals surface area contributed by atoms with Crippen LogP contribution in [0, 0.1) is 5.41 Å². The predicted octanol–water partition coefficient (Wildman–Crippen LogP) is 2.27. The van der Waals surface area contributed by atoms with Gasteiger partial charge in [-0.1, -0.05) is 0 Å². The molecule has 3 N–H and O–H groups in total. The number of carbonyl (C=O) groups is 1. The van der Waals surface area contributed by atoms with Gasteiger partial charge >= 0.3 is 6.61 Å². The molecule has 0 bridgehead atoms. The lowest BCUT2D eigenvalue weighted by atomic mass is 9.72. The number of anilines is 3. The molecule has 0 atom stereocenters. The van der Waals surface area contributed by atoms with Gasteiger partial charge in [0.15, 0.2) is 5.82 Å². The summed E-state index contributed by atoms with van der Waals surface area (Å²) in [5.74, 6) is 1.46. The van der Waals surface area contributed by atoms with Gasteiger partial charge in [0, 0.05) is 56.1 Å². The van der Waals surface area contributed by atoms with Crippen molar-refractivity contribution >= 4 is 23.4 Å². The number of ether oxygens (including phenoxy) is 1. The van der Waals surface area contributed by atoms with Crippen molar-refractivity contribution in [2.24, 2.45) is 5.41 Å². The summed E-state index contributed by atoms with van der Waals surface area (Å²) in [7, 11) is 0. The number of nitrogens with one attached hydrogen (secondary N) is 1. The van der Waals surface area contributed by atoms with Crippen LogP contribution in [0.5, 0.6) is 5.75 Å². The molecule has 5 heterocycles. The largest absolute Gasteiger partial charge is 0.435 e. The highest BCUT2D eigenvalue weighted by molar-refractivity contribution is 5.77. The third-order valence-corrected chi connectivity index (χ3v) is 7.05. The van der Waals surface area contributed by atoms with Crippen molar-refractivity contribution in [3.05, 3.63) is 36.8 Å². The van der Waals surface area contributed by atoms with Crippen molar-refractivity contribution in [2.45, 2.75) is 45.4 Å². The quantitative estimate of drug-likeness (QED) is 0.358. The fourth-order valence-electron chi connectivity index (χ4n) is 5.11. The Balaban J connectivity index is 1.38. The van der Waals surface area contributed by atoms with E-state index in [1.54, 1.807) is 41.9 Å². The van der Waals surface area contributed by atoms with Crippen LogP contribution in [-0.4, -0.2) is 90.8 Å². The summed E-state index contributed by atoms with van der Waals surface area (Å²) in [6.07, 6.45) is 6.40. The maximum absolute atomic E-state index is 12.7. The SMILES string of the molecule is CC(C)(O)Cn1cc(-c2nc(Nc3cc(OC(F)F)ccn3)cc(N3CC4(CCN(C(=O)CO)CC4)C3)n2)cn1. The van der Waals surface area contributed by atoms with E-state index in [0.29, 0.717) is 36.1 Å². The molecule has 2 aliphatic rings. The number of piperidine rings is 1. The molecule has 0 aromatic carbocycles. The van der Waals surface area contributed by atoms with E-state index in [-0.39, 0.29) is 29.4 Å². The normalized spacial score (nSPS) is 16.8. The highest BCUT2D eigenvalue weighted by Crippen LogP contribution is 2.43. The second-order valence-corrected chi connectivity index (χ2v) is 10.9. The fraction of sp³-hybridized carbons (Fsp3) is 0.500. The lowest BCUT2D eigenvalue weighted by molar-refractivity contribution is -0.136. The van der Waals surface area contributed by atoms with Crippen LogP contribution in [0.25, 0.3) is 11.4 Å². The number of hydrogen-bond donors (Lipinski definition) is 3. The average Bonchev–Trinajstić information content (AvgIpc) is 3.33. The van der Waals surface area contributed by atoms with Crippen LogP contribution in [0.4, 0.5) is 26.2 Å². The summed E-state index contributed by atoms with van der Waals surface area (Å²) in [6.45, 7) is 2.94. The van der Waals surface area contributed by atoms with Crippen molar-refractivity contribution in [3.63, 3.8) is 0 Å². The first kappa shape index (κ1) is 27.6. The van der Waals surface area contributed by atoms with Crippen LogP contribution in [0.15, 0.2) is 36.8 Å². The first-order chi connectivity index (χ1) is 19.0. The van der Waals surface area contributed by atoms with Crippen LogP contribution in [0.1, 0.15) is 26.7 Å². The molecule has 12 nitrogen and oxygen atoms in total. The van der Waals surface area contributed by atoms with Crippen molar-refractivity contribution in [1.29, 1.82) is 0 Å². The summed E-state index contributed by atoms with van der Waals surface area (Å²) in [5.41, 5.74) is -0.257. The van der Waals surface area contributed by atoms with Gasteiger partial charge < -0.3 is 30.1 Å². The number of amides is 1. The minimum atomic E-state index is -2.96. The summed E-state index contributed by atoms with van der Waals surface area (Å²) < 4.78 is 31.5. The van der Waals surface area contributed by atoms with Crippen molar-refractivity contribution in [2.75, 3.05) is 43.0 Å². The average molecular weight is 559 g/mol. The number of likely N-dealkylation sites (tertiary alicyclic amines) is 1. The van der Waals surface area contributed by atoms with Gasteiger partial charge in [0.05, 0.1) is 23.9 Å². The third kappa shape index (κ3) is 6.45. The number of nitrogens with zero attached hydrogens (tertiary/aromatic N) is 7. The molecule has 0 aliphatic carbocycles. The molecule has 2 saturated heterocycles. The van der Waals surface area contributed by atoms with Gasteiger partial charge in [-0.25, -0.2) is 15.0 Å². The molecule has 1 amide bonds. The first-order valence-electron chi connectivity index (χ1n) is 13.0. The molecule has 2 aliphatic heterocycles. The van der Waals surface area contributed by atoms with Crippen molar-refractivity contribution in [3.8, 4) is 17.1 Å². The van der Waals surface area contributed by atoms with Crippen LogP contribution in [0.2, 0.25) is 0 Å². The predicted molar refractivity (Wildman–Crippen MR) is 141 cm³/mol. The van der Waals surface area contributed by atoms with E-state index < -0.39 is 18.8 Å². The molecule has 0 unspecified atom stereocenters. The summed E-state index contributed by atoms with van der Waals surface area (Å²) >= 11 is 0. The molecule has 3 aromatic heterocycles. The Morgan fingerprint density at radius 3 is 2.62 bits per heavy atom. The molecule has 5 rings (SSSR count). The number of halogens is 2. The highest BCUT2D eigenvalue weighted by atomic mass is 19.3. The van der Waals surface area contributed by atoms with Gasteiger partial charge in [-0.2, -0.15) is 13.9 Å². The van der Waals surface area contributed by atoms with Gasteiger partial charge in [0.2, 0.25) is 5.91 Å². The third-order valence-electron chi connectivity index (χ3n) is 7.05. The number of alkyl halides is 2. The molecule has 0 radical (unpaired) electrons. The maximum Gasteiger partial charge on any atom is 0.387 e. The van der Waals surface area contributed by atoms with Gasteiger partial charge in [0.1, 0.15) is 29.8 Å². The smallest absolute Gasteiger partial charge is 0.387 e. The lowest BCUT2D eigenvalue weighted by Crippen LogP contribution is -2.61. The molecular formula is C26H32F2N8O4. The number of hydrogen-bond acceptors (Lipinski definition) is 10. The molecule has 214 valence electrons. The molecule has 3 aromatic rings. The van der Waals surface area contributed by atoms with Gasteiger partial charge in [-0.05, 0) is 32.8 Å². The van der Waals surface area contributed by atoms with E-state index in [4.69, 9.17) is 10.1 Å². The Kier molecular flexibility index (Phi) is 7.55. The van der Waals surface area contributed by atoms with Crippen LogP contribution in [-0.2, 0) is 11.3 Å².